The van der Waals surface area contributed by atoms with Crippen LogP contribution in [0.1, 0.15) is 26.5 Å². The van der Waals surface area contributed by atoms with Gasteiger partial charge in [-0.15, -0.1) is 11.3 Å². The van der Waals surface area contributed by atoms with Crippen LogP contribution in [0.25, 0.3) is 4.96 Å². The molecule has 0 atom stereocenters. The Morgan fingerprint density at radius 2 is 2.17 bits per heavy atom. The lowest BCUT2D eigenvalue weighted by Crippen LogP contribution is -2.13. The summed E-state index contributed by atoms with van der Waals surface area (Å²) in [5.74, 6) is -0.903. The number of hydrogen-bond donors (Lipinski definition) is 1. The van der Waals surface area contributed by atoms with Crippen molar-refractivity contribution < 1.29 is 14.3 Å². The molecular formula is C15H12ClN3O3S. The van der Waals surface area contributed by atoms with E-state index in [1.54, 1.807) is 6.20 Å². The molecule has 1 N–H and O–H groups in total. The van der Waals surface area contributed by atoms with Crippen molar-refractivity contribution >= 4 is 45.5 Å². The molecule has 1 aromatic carbocycles. The van der Waals surface area contributed by atoms with Crippen molar-refractivity contribution in [3.8, 4) is 0 Å². The minimum atomic E-state index is -0.504. The topological polar surface area (TPSA) is 72.7 Å². The average Bonchev–Trinajstić information content (AvgIpc) is 3.11. The molecule has 3 rings (SSSR count). The number of rotatable bonds is 3. The summed E-state index contributed by atoms with van der Waals surface area (Å²) in [7, 11) is 1.29. The Kier molecular flexibility index (Phi) is 4.06. The fourth-order valence-corrected chi connectivity index (χ4v) is 3.07. The zero-order valence-electron chi connectivity index (χ0n) is 12.3. The first-order valence-corrected chi connectivity index (χ1v) is 7.88. The molecule has 2 aromatic heterocycles. The Morgan fingerprint density at radius 3 is 2.87 bits per heavy atom. The predicted molar refractivity (Wildman–Crippen MR) is 88.6 cm³/mol. The van der Waals surface area contributed by atoms with Crippen molar-refractivity contribution in [2.75, 3.05) is 12.4 Å². The van der Waals surface area contributed by atoms with Crippen LogP contribution in [-0.4, -0.2) is 28.4 Å². The molecule has 0 fully saturated rings. The smallest absolute Gasteiger partial charge is 0.337 e. The first-order chi connectivity index (χ1) is 11.0. The minimum absolute atomic E-state index is 0.277. The number of thiazole rings is 1. The number of amides is 1. The fourth-order valence-electron chi connectivity index (χ4n) is 2.06. The van der Waals surface area contributed by atoms with Gasteiger partial charge in [0.25, 0.3) is 5.91 Å². The average molecular weight is 350 g/mol. The van der Waals surface area contributed by atoms with Crippen molar-refractivity contribution in [3.63, 3.8) is 0 Å². The molecule has 0 aliphatic carbocycles. The number of halogens is 1. The summed E-state index contributed by atoms with van der Waals surface area (Å²) in [4.78, 5) is 28.9. The molecule has 0 aliphatic rings. The van der Waals surface area contributed by atoms with Crippen LogP contribution in [0.4, 0.5) is 5.69 Å². The van der Waals surface area contributed by atoms with E-state index in [-0.39, 0.29) is 5.69 Å². The van der Waals surface area contributed by atoms with Gasteiger partial charge in [-0.1, -0.05) is 11.6 Å². The number of nitrogens with one attached hydrogen (secondary N) is 1. The van der Waals surface area contributed by atoms with Gasteiger partial charge in [0.1, 0.15) is 5.69 Å². The Morgan fingerprint density at radius 1 is 1.39 bits per heavy atom. The highest BCUT2D eigenvalue weighted by Gasteiger charge is 2.16. The van der Waals surface area contributed by atoms with E-state index >= 15 is 0 Å². The lowest BCUT2D eigenvalue weighted by molar-refractivity contribution is 0.0600. The van der Waals surface area contributed by atoms with Crippen LogP contribution in [-0.2, 0) is 4.74 Å². The van der Waals surface area contributed by atoms with Crippen molar-refractivity contribution in [2.24, 2.45) is 0 Å². The summed E-state index contributed by atoms with van der Waals surface area (Å²) in [6.07, 6.45) is 1.66. The minimum Gasteiger partial charge on any atom is -0.465 e. The third kappa shape index (κ3) is 2.93. The second kappa shape index (κ2) is 6.02. The van der Waals surface area contributed by atoms with E-state index in [1.807, 2.05) is 16.7 Å². The van der Waals surface area contributed by atoms with Gasteiger partial charge in [-0.05, 0) is 25.1 Å². The summed E-state index contributed by atoms with van der Waals surface area (Å²) in [5.41, 5.74) is 1.91. The number of carbonyl (C=O) groups excluding carboxylic acids is 2. The highest BCUT2D eigenvalue weighted by atomic mass is 35.5. The highest BCUT2D eigenvalue weighted by molar-refractivity contribution is 7.15. The van der Waals surface area contributed by atoms with Gasteiger partial charge in [-0.2, -0.15) is 0 Å². The van der Waals surface area contributed by atoms with E-state index in [4.69, 9.17) is 11.6 Å². The number of anilines is 1. The van der Waals surface area contributed by atoms with Crippen LogP contribution in [0.15, 0.2) is 29.8 Å². The second-order valence-corrected chi connectivity index (χ2v) is 6.04. The van der Waals surface area contributed by atoms with Crippen molar-refractivity contribution in [1.29, 1.82) is 0 Å². The van der Waals surface area contributed by atoms with Crippen LogP contribution < -0.4 is 5.32 Å². The second-order valence-electron chi connectivity index (χ2n) is 4.80. The van der Waals surface area contributed by atoms with Crippen LogP contribution >= 0.6 is 22.9 Å². The monoisotopic (exact) mass is 349 g/mol. The first-order valence-electron chi connectivity index (χ1n) is 6.62. The van der Waals surface area contributed by atoms with Crippen LogP contribution in [0.3, 0.4) is 0 Å². The van der Waals surface area contributed by atoms with Crippen LogP contribution in [0.2, 0.25) is 5.02 Å². The molecule has 0 saturated heterocycles. The van der Waals surface area contributed by atoms with E-state index in [0.717, 1.165) is 10.7 Å². The molecule has 1 amide bonds. The molecule has 0 bridgehead atoms. The zero-order chi connectivity index (χ0) is 16.6. The molecule has 0 spiro atoms. The van der Waals surface area contributed by atoms with E-state index in [1.165, 1.54) is 36.6 Å². The molecule has 6 nitrogen and oxygen atoms in total. The normalized spacial score (nSPS) is 10.7. The molecule has 118 valence electrons. The molecule has 8 heteroatoms. The maximum atomic E-state index is 12.3. The number of aryl methyl sites for hydroxylation is 1. The van der Waals surface area contributed by atoms with Crippen LogP contribution in [0, 0.1) is 6.92 Å². The van der Waals surface area contributed by atoms with Gasteiger partial charge in [0.05, 0.1) is 23.4 Å². The van der Waals surface area contributed by atoms with Crippen molar-refractivity contribution in [2.45, 2.75) is 6.92 Å². The number of carbonyl (C=O) groups is 2. The number of methoxy groups -OCH3 is 1. The summed E-state index contributed by atoms with van der Waals surface area (Å²) in [6, 6.07) is 4.52. The van der Waals surface area contributed by atoms with Gasteiger partial charge in [0.15, 0.2) is 4.96 Å². The Labute approximate surface area is 140 Å². The lowest BCUT2D eigenvalue weighted by Gasteiger charge is -2.07. The van der Waals surface area contributed by atoms with E-state index < -0.39 is 11.9 Å². The standard InChI is InChI=1S/C15H12ClN3O3S/c1-8-7-23-15-18-12(6-19(8)15)13(20)17-11-5-9(14(21)22-2)3-4-10(11)16/h3-7H,1-2H3,(H,17,20). The molecule has 0 unspecified atom stereocenters. The quantitative estimate of drug-likeness (QED) is 0.735. The molecule has 0 aliphatic heterocycles. The van der Waals surface area contributed by atoms with Gasteiger partial charge in [-0.3, -0.25) is 9.20 Å². The third-order valence-electron chi connectivity index (χ3n) is 3.26. The van der Waals surface area contributed by atoms with Gasteiger partial charge < -0.3 is 10.1 Å². The van der Waals surface area contributed by atoms with Crippen molar-refractivity contribution in [1.82, 2.24) is 9.38 Å². The molecular weight excluding hydrogens is 338 g/mol. The van der Waals surface area contributed by atoms with Gasteiger partial charge >= 0.3 is 5.97 Å². The van der Waals surface area contributed by atoms with Gasteiger partial charge in [0.2, 0.25) is 0 Å². The number of nitrogens with zero attached hydrogens (tertiary/aromatic N) is 2. The summed E-state index contributed by atoms with van der Waals surface area (Å²) in [6.45, 7) is 1.93. The summed E-state index contributed by atoms with van der Waals surface area (Å²) >= 11 is 7.52. The molecule has 0 saturated carbocycles. The van der Waals surface area contributed by atoms with Gasteiger partial charge in [-0.25, -0.2) is 9.78 Å². The maximum Gasteiger partial charge on any atom is 0.337 e. The SMILES string of the molecule is COC(=O)c1ccc(Cl)c(NC(=O)c2cn3c(C)csc3n2)c1. The molecule has 0 radical (unpaired) electrons. The maximum absolute atomic E-state index is 12.3. The molecule has 2 heterocycles. The van der Waals surface area contributed by atoms with Crippen molar-refractivity contribution in [3.05, 3.63) is 51.7 Å². The fraction of sp³-hybridized carbons (Fsp3) is 0.133. The third-order valence-corrected chi connectivity index (χ3v) is 4.54. The number of ether oxygens (including phenoxy) is 1. The van der Waals surface area contributed by atoms with E-state index in [9.17, 15) is 9.59 Å². The van der Waals surface area contributed by atoms with Gasteiger partial charge in [0, 0.05) is 17.3 Å². The molecule has 23 heavy (non-hydrogen) atoms. The lowest BCUT2D eigenvalue weighted by atomic mass is 10.2. The number of imidazole rings is 1. The Bertz CT molecular complexity index is 916. The first kappa shape index (κ1) is 15.5. The number of fused-ring (bicyclic) bond motifs is 1. The number of benzene rings is 1. The summed E-state index contributed by atoms with van der Waals surface area (Å²) < 4.78 is 6.49. The summed E-state index contributed by atoms with van der Waals surface area (Å²) in [5, 5.41) is 4.95. The zero-order valence-corrected chi connectivity index (χ0v) is 13.9. The van der Waals surface area contributed by atoms with E-state index in [2.05, 4.69) is 15.0 Å². The highest BCUT2D eigenvalue weighted by Crippen LogP contribution is 2.24. The Balaban J connectivity index is 1.88. The number of aromatic nitrogens is 2. The largest absolute Gasteiger partial charge is 0.465 e. The van der Waals surface area contributed by atoms with Crippen LogP contribution in [0.5, 0.6) is 0 Å². The van der Waals surface area contributed by atoms with E-state index in [0.29, 0.717) is 16.3 Å². The Hall–Kier alpha value is -2.38. The predicted octanol–water partition coefficient (Wildman–Crippen LogP) is 3.40. The molecule has 3 aromatic rings. The number of hydrogen-bond acceptors (Lipinski definition) is 5. The number of esters is 1.